The molecule has 166 valence electrons. The highest BCUT2D eigenvalue weighted by atomic mass is 16.2. The zero-order valence-electron chi connectivity index (χ0n) is 18.5. The lowest BCUT2D eigenvalue weighted by atomic mass is 10.2. The molecule has 0 aliphatic carbocycles. The maximum Gasteiger partial charge on any atom is 0.273 e. The van der Waals surface area contributed by atoms with Crippen molar-refractivity contribution in [1.29, 1.82) is 10.5 Å². The normalized spacial score (nSPS) is 15.5. The van der Waals surface area contributed by atoms with Gasteiger partial charge in [0.25, 0.3) is 5.91 Å². The van der Waals surface area contributed by atoms with Crippen molar-refractivity contribution in [3.05, 3.63) is 40.8 Å². The number of aromatic nitrogens is 2. The number of nitrogens with zero attached hydrogens (tertiary/aromatic N) is 7. The Balaban J connectivity index is 1.82. The molecule has 33 heavy (non-hydrogen) atoms. The smallest absolute Gasteiger partial charge is 0.273 e. The molecule has 4 rings (SSSR count). The van der Waals surface area contributed by atoms with Crippen molar-refractivity contribution in [3.63, 3.8) is 0 Å². The van der Waals surface area contributed by atoms with Crippen molar-refractivity contribution in [2.24, 2.45) is 4.99 Å². The van der Waals surface area contributed by atoms with Gasteiger partial charge in [-0.05, 0) is 32.0 Å². The van der Waals surface area contributed by atoms with Gasteiger partial charge in [0, 0.05) is 32.0 Å². The van der Waals surface area contributed by atoms with Crippen LogP contribution in [0.2, 0.25) is 0 Å². The monoisotopic (exact) mass is 440 g/mol. The minimum absolute atomic E-state index is 0.170. The third kappa shape index (κ3) is 4.30. The van der Waals surface area contributed by atoms with E-state index in [-0.39, 0.29) is 25.5 Å². The molecule has 0 atom stereocenters. The number of pyridine rings is 1. The summed E-state index contributed by atoms with van der Waals surface area (Å²) in [7, 11) is 0. The molecule has 2 aromatic heterocycles. The van der Waals surface area contributed by atoms with Crippen LogP contribution in [0.25, 0.3) is 0 Å². The number of aliphatic imine (C=N–C) groups is 1. The van der Waals surface area contributed by atoms with Gasteiger partial charge in [0.1, 0.15) is 34.9 Å². The Hall–Kier alpha value is -4.13. The van der Waals surface area contributed by atoms with Crippen LogP contribution in [0.3, 0.4) is 0 Å². The summed E-state index contributed by atoms with van der Waals surface area (Å²) in [5.74, 6) is 6.38. The molecule has 9 nitrogen and oxygen atoms in total. The highest BCUT2D eigenvalue weighted by Crippen LogP contribution is 2.38. The van der Waals surface area contributed by atoms with E-state index in [1.165, 1.54) is 0 Å². The van der Waals surface area contributed by atoms with Gasteiger partial charge in [-0.25, -0.2) is 0 Å². The van der Waals surface area contributed by atoms with Crippen molar-refractivity contribution >= 4 is 23.6 Å². The van der Waals surface area contributed by atoms with E-state index in [0.29, 0.717) is 34.0 Å². The molecule has 1 N–H and O–H groups in total. The molecule has 1 fully saturated rings. The van der Waals surface area contributed by atoms with Crippen molar-refractivity contribution < 1.29 is 4.79 Å². The maximum absolute atomic E-state index is 13.8. The van der Waals surface area contributed by atoms with E-state index in [9.17, 15) is 15.3 Å². The standard InChI is InChI=1S/C24H24N8O/c1-2-3-12-32-22-21(19(16-26)23(32)30-11-5-7-27-9-13-30)29-10-14-31(24(22)33)17-20-18(15-25)6-4-8-28-20/h4,6,8,10,27H,5,7,9,11-14,17H2,1H3. The molecule has 1 amide bonds. The van der Waals surface area contributed by atoms with Gasteiger partial charge in [-0.1, -0.05) is 5.92 Å². The fourth-order valence-corrected chi connectivity index (χ4v) is 4.18. The minimum atomic E-state index is -0.259. The molecule has 0 bridgehead atoms. The quantitative estimate of drug-likeness (QED) is 0.726. The molecule has 0 saturated carbocycles. The lowest BCUT2D eigenvalue weighted by Gasteiger charge is -2.25. The lowest BCUT2D eigenvalue weighted by molar-refractivity contribution is 0.0761. The fraction of sp³-hybridized carbons (Fsp3) is 0.375. The third-order valence-electron chi connectivity index (χ3n) is 5.74. The van der Waals surface area contributed by atoms with E-state index in [1.807, 2.05) is 4.57 Å². The Morgan fingerprint density at radius 1 is 1.21 bits per heavy atom. The summed E-state index contributed by atoms with van der Waals surface area (Å²) in [6.07, 6.45) is 4.18. The Morgan fingerprint density at radius 3 is 2.88 bits per heavy atom. The first-order valence-corrected chi connectivity index (χ1v) is 10.9. The van der Waals surface area contributed by atoms with Crippen LogP contribution in [0.1, 0.15) is 40.7 Å². The first-order valence-electron chi connectivity index (χ1n) is 10.9. The summed E-state index contributed by atoms with van der Waals surface area (Å²) < 4.78 is 1.83. The molecule has 2 aliphatic rings. The van der Waals surface area contributed by atoms with Gasteiger partial charge in [-0.15, -0.1) is 5.92 Å². The van der Waals surface area contributed by atoms with Gasteiger partial charge < -0.3 is 19.7 Å². The van der Waals surface area contributed by atoms with Gasteiger partial charge in [0.15, 0.2) is 0 Å². The number of amides is 1. The van der Waals surface area contributed by atoms with Crippen molar-refractivity contribution in [2.75, 3.05) is 37.6 Å². The number of anilines is 1. The van der Waals surface area contributed by atoms with Crippen LogP contribution in [-0.4, -0.2) is 59.3 Å². The van der Waals surface area contributed by atoms with Crippen LogP contribution in [0.5, 0.6) is 0 Å². The molecule has 0 unspecified atom stereocenters. The zero-order chi connectivity index (χ0) is 23.2. The Labute approximate surface area is 193 Å². The molecular weight excluding hydrogens is 416 g/mol. The largest absolute Gasteiger partial charge is 0.355 e. The molecule has 4 heterocycles. The summed E-state index contributed by atoms with van der Waals surface area (Å²) in [6, 6.07) is 7.81. The van der Waals surface area contributed by atoms with Crippen LogP contribution in [0.4, 0.5) is 11.5 Å². The number of rotatable bonds is 4. The zero-order valence-corrected chi connectivity index (χ0v) is 18.5. The first kappa shape index (κ1) is 22.1. The van der Waals surface area contributed by atoms with E-state index in [2.05, 4.69) is 44.2 Å². The number of nitriles is 2. The highest BCUT2D eigenvalue weighted by Gasteiger charge is 2.33. The number of hydrogen-bond donors (Lipinski definition) is 1. The molecule has 1 saturated heterocycles. The van der Waals surface area contributed by atoms with Gasteiger partial charge in [0.05, 0.1) is 30.9 Å². The predicted octanol–water partition coefficient (Wildman–Crippen LogP) is 1.81. The molecule has 0 spiro atoms. The van der Waals surface area contributed by atoms with Crippen LogP contribution in [0.15, 0.2) is 23.3 Å². The number of carbonyl (C=O) groups is 1. The van der Waals surface area contributed by atoms with Crippen LogP contribution in [0, 0.1) is 34.5 Å². The second-order valence-electron chi connectivity index (χ2n) is 7.72. The van der Waals surface area contributed by atoms with E-state index in [0.717, 1.165) is 32.6 Å². The number of hydrogen-bond acceptors (Lipinski definition) is 7. The molecular formula is C24H24N8O. The Kier molecular flexibility index (Phi) is 6.69. The third-order valence-corrected chi connectivity index (χ3v) is 5.74. The first-order chi connectivity index (χ1) is 16.2. The molecule has 2 aliphatic heterocycles. The van der Waals surface area contributed by atoms with Crippen LogP contribution >= 0.6 is 0 Å². The molecule has 9 heteroatoms. The molecule has 0 radical (unpaired) electrons. The predicted molar refractivity (Wildman–Crippen MR) is 124 cm³/mol. The van der Waals surface area contributed by atoms with E-state index in [4.69, 9.17) is 0 Å². The number of nitrogens with one attached hydrogen (secondary N) is 1. The lowest BCUT2D eigenvalue weighted by Crippen LogP contribution is -2.34. The second-order valence-corrected chi connectivity index (χ2v) is 7.72. The van der Waals surface area contributed by atoms with Gasteiger partial charge in [-0.2, -0.15) is 10.5 Å². The number of fused-ring (bicyclic) bond motifs is 1. The van der Waals surface area contributed by atoms with Crippen molar-refractivity contribution in [1.82, 2.24) is 19.8 Å². The average molecular weight is 441 g/mol. The van der Waals surface area contributed by atoms with Crippen molar-refractivity contribution in [3.8, 4) is 24.0 Å². The van der Waals surface area contributed by atoms with Crippen LogP contribution in [-0.2, 0) is 13.1 Å². The van der Waals surface area contributed by atoms with Gasteiger partial charge >= 0.3 is 0 Å². The summed E-state index contributed by atoms with van der Waals surface area (Å²) in [5.41, 5.74) is 2.08. The summed E-state index contributed by atoms with van der Waals surface area (Å²) in [5, 5.41) is 22.9. The molecule has 0 aromatic carbocycles. The van der Waals surface area contributed by atoms with Crippen LogP contribution < -0.4 is 10.2 Å². The minimum Gasteiger partial charge on any atom is -0.355 e. The van der Waals surface area contributed by atoms with E-state index < -0.39 is 0 Å². The summed E-state index contributed by atoms with van der Waals surface area (Å²) in [6.45, 7) is 5.64. The Bertz CT molecular complexity index is 1230. The second kappa shape index (κ2) is 9.99. The van der Waals surface area contributed by atoms with Gasteiger partial charge in [0.2, 0.25) is 0 Å². The van der Waals surface area contributed by atoms with Crippen molar-refractivity contribution in [2.45, 2.75) is 26.4 Å². The molecule has 2 aromatic rings. The fourth-order valence-electron chi connectivity index (χ4n) is 4.18. The Morgan fingerprint density at radius 2 is 2.09 bits per heavy atom. The van der Waals surface area contributed by atoms with E-state index in [1.54, 1.807) is 36.4 Å². The summed E-state index contributed by atoms with van der Waals surface area (Å²) in [4.78, 5) is 26.4. The highest BCUT2D eigenvalue weighted by molar-refractivity contribution is 6.03. The van der Waals surface area contributed by atoms with E-state index >= 15 is 0 Å². The maximum atomic E-state index is 13.8. The number of carbonyl (C=O) groups excluding carboxylic acids is 1. The van der Waals surface area contributed by atoms with Gasteiger partial charge in [-0.3, -0.25) is 14.8 Å². The average Bonchev–Trinajstić information content (AvgIpc) is 3.00. The topological polar surface area (TPSA) is 113 Å². The SMILES string of the molecule is CC#CCn1c2c(c(C#N)c1N1CCCNCC1)N=CCN(Cc1ncccc1C#N)C2=O. The summed E-state index contributed by atoms with van der Waals surface area (Å²) >= 11 is 0.